The molecule has 1 aromatic carbocycles. The molecule has 0 amide bonds. The van der Waals surface area contributed by atoms with E-state index in [2.05, 4.69) is 22.3 Å². The summed E-state index contributed by atoms with van der Waals surface area (Å²) in [5, 5.41) is 14.5. The highest BCUT2D eigenvalue weighted by Gasteiger charge is 2.41. The van der Waals surface area contributed by atoms with Crippen LogP contribution >= 0.6 is 0 Å². The lowest BCUT2D eigenvalue weighted by Crippen LogP contribution is -2.50. The molecule has 0 radical (unpaired) electrons. The van der Waals surface area contributed by atoms with Gasteiger partial charge in [0.2, 0.25) is 0 Å². The Labute approximate surface area is 203 Å². The minimum atomic E-state index is -0.976. The zero-order chi connectivity index (χ0) is 23.8. The number of nitrogens with zero attached hydrogens (tertiary/aromatic N) is 2. The largest absolute Gasteiger partial charge is 0.461 e. The first-order chi connectivity index (χ1) is 16.5. The van der Waals surface area contributed by atoms with Crippen LogP contribution in [0.4, 0.5) is 5.82 Å². The summed E-state index contributed by atoms with van der Waals surface area (Å²) in [6, 6.07) is 14.1. The third kappa shape index (κ3) is 6.57. The Morgan fingerprint density at radius 3 is 2.74 bits per heavy atom. The molecule has 34 heavy (non-hydrogen) atoms. The van der Waals surface area contributed by atoms with E-state index < -0.39 is 11.5 Å². The van der Waals surface area contributed by atoms with Crippen molar-refractivity contribution in [3.05, 3.63) is 59.3 Å². The molecule has 0 spiro atoms. The number of benzene rings is 1. The third-order valence-electron chi connectivity index (χ3n) is 7.46. The number of ether oxygens (including phenoxy) is 1. The lowest BCUT2D eigenvalue weighted by atomic mass is 9.80. The van der Waals surface area contributed by atoms with Gasteiger partial charge in [-0.3, -0.25) is 4.79 Å². The number of rotatable bonds is 10. The van der Waals surface area contributed by atoms with Crippen LogP contribution in [-0.2, 0) is 29.0 Å². The number of anilines is 1. The van der Waals surface area contributed by atoms with Gasteiger partial charge in [0.1, 0.15) is 12.4 Å². The van der Waals surface area contributed by atoms with Crippen LogP contribution in [0.5, 0.6) is 0 Å². The Morgan fingerprint density at radius 1 is 1.15 bits per heavy atom. The van der Waals surface area contributed by atoms with Crippen LogP contribution in [0.15, 0.2) is 42.5 Å². The maximum Gasteiger partial charge on any atom is 0.311 e. The normalized spacial score (nSPS) is 18.5. The fraction of sp³-hybridized carbons (Fsp3) is 0.571. The predicted molar refractivity (Wildman–Crippen MR) is 135 cm³/mol. The zero-order valence-electron chi connectivity index (χ0n) is 20.5. The molecule has 4 rings (SSSR count). The average molecular weight is 466 g/mol. The van der Waals surface area contributed by atoms with Gasteiger partial charge in [-0.25, -0.2) is 4.98 Å². The Bertz CT molecular complexity index is 926. The molecular formula is C28H39N3O3. The molecule has 2 aliphatic heterocycles. The lowest BCUT2D eigenvalue weighted by molar-refractivity contribution is -0.162. The summed E-state index contributed by atoms with van der Waals surface area (Å²) in [7, 11) is 0. The topological polar surface area (TPSA) is 74.7 Å². The molecule has 2 aromatic rings. The zero-order valence-corrected chi connectivity index (χ0v) is 20.5. The van der Waals surface area contributed by atoms with Crippen molar-refractivity contribution >= 4 is 11.8 Å². The minimum absolute atomic E-state index is 0.254. The van der Waals surface area contributed by atoms with Crippen LogP contribution in [0.3, 0.4) is 0 Å². The average Bonchev–Trinajstić information content (AvgIpc) is 2.88. The van der Waals surface area contributed by atoms with Crippen LogP contribution in [-0.4, -0.2) is 52.7 Å². The van der Waals surface area contributed by atoms with Crippen LogP contribution in [0.2, 0.25) is 0 Å². The number of esters is 1. The molecule has 6 nitrogen and oxygen atoms in total. The van der Waals surface area contributed by atoms with Gasteiger partial charge >= 0.3 is 5.97 Å². The molecule has 0 saturated carbocycles. The molecular weight excluding hydrogens is 426 g/mol. The van der Waals surface area contributed by atoms with Crippen molar-refractivity contribution in [3.63, 3.8) is 0 Å². The van der Waals surface area contributed by atoms with E-state index in [-0.39, 0.29) is 12.6 Å². The molecule has 0 bridgehead atoms. The minimum Gasteiger partial charge on any atom is -0.461 e. The monoisotopic (exact) mass is 465 g/mol. The van der Waals surface area contributed by atoms with Gasteiger partial charge < -0.3 is 20.1 Å². The summed E-state index contributed by atoms with van der Waals surface area (Å²) in [5.74, 6) is 0.255. The van der Waals surface area contributed by atoms with Crippen molar-refractivity contribution < 1.29 is 14.6 Å². The number of carbonyl (C=O) groups is 1. The molecule has 1 fully saturated rings. The van der Waals surface area contributed by atoms with E-state index in [1.54, 1.807) is 6.92 Å². The van der Waals surface area contributed by atoms with E-state index in [0.717, 1.165) is 63.2 Å². The number of nitrogens with one attached hydrogen (secondary N) is 1. The Balaban J connectivity index is 1.12. The molecule has 1 saturated heterocycles. The molecule has 0 aliphatic carbocycles. The molecule has 1 atom stereocenters. The van der Waals surface area contributed by atoms with Gasteiger partial charge in [-0.15, -0.1) is 0 Å². The van der Waals surface area contributed by atoms with Gasteiger partial charge in [0.15, 0.2) is 0 Å². The summed E-state index contributed by atoms with van der Waals surface area (Å²) < 4.78 is 5.47. The number of aromatic nitrogens is 1. The second-order valence-corrected chi connectivity index (χ2v) is 9.91. The highest BCUT2D eigenvalue weighted by molar-refractivity contribution is 5.73. The van der Waals surface area contributed by atoms with E-state index in [1.807, 2.05) is 30.3 Å². The molecule has 2 aliphatic rings. The smallest absolute Gasteiger partial charge is 0.311 e. The van der Waals surface area contributed by atoms with Crippen LogP contribution in [0.1, 0.15) is 62.3 Å². The van der Waals surface area contributed by atoms with Crippen molar-refractivity contribution in [2.75, 3.05) is 31.5 Å². The fourth-order valence-electron chi connectivity index (χ4n) is 5.00. The van der Waals surface area contributed by atoms with Gasteiger partial charge in [0.25, 0.3) is 0 Å². The van der Waals surface area contributed by atoms with Crippen LogP contribution < -0.4 is 5.32 Å². The first kappa shape index (κ1) is 24.7. The SMILES string of the molecule is CC(C(=O)OCc1ccccc1)C1(O)CCN(CCCCCc2ccc3c(n2)NCCC3)CC1. The fourth-order valence-corrected chi connectivity index (χ4v) is 5.00. The summed E-state index contributed by atoms with van der Waals surface area (Å²) in [6.07, 6.45) is 8.05. The van der Waals surface area contributed by atoms with Gasteiger partial charge in [-0.1, -0.05) is 42.8 Å². The number of unbranched alkanes of at least 4 members (excludes halogenated alkanes) is 2. The van der Waals surface area contributed by atoms with Gasteiger partial charge in [-0.05, 0) is 75.6 Å². The van der Waals surface area contributed by atoms with Crippen molar-refractivity contribution in [3.8, 4) is 0 Å². The van der Waals surface area contributed by atoms with E-state index in [0.29, 0.717) is 12.8 Å². The number of fused-ring (bicyclic) bond motifs is 1. The second kappa shape index (κ2) is 11.8. The number of aryl methyl sites for hydroxylation is 2. The predicted octanol–water partition coefficient (Wildman–Crippen LogP) is 4.36. The quantitative estimate of drug-likeness (QED) is 0.401. The maximum absolute atomic E-state index is 12.5. The van der Waals surface area contributed by atoms with Crippen molar-refractivity contribution in [2.24, 2.45) is 5.92 Å². The molecule has 184 valence electrons. The highest BCUT2D eigenvalue weighted by Crippen LogP contribution is 2.31. The number of likely N-dealkylation sites (tertiary alicyclic amines) is 1. The summed E-state index contributed by atoms with van der Waals surface area (Å²) in [6.45, 7) is 5.77. The molecule has 6 heteroatoms. The van der Waals surface area contributed by atoms with E-state index in [4.69, 9.17) is 9.72 Å². The third-order valence-corrected chi connectivity index (χ3v) is 7.46. The number of hydrogen-bond acceptors (Lipinski definition) is 6. The number of hydrogen-bond donors (Lipinski definition) is 2. The maximum atomic E-state index is 12.5. The molecule has 3 heterocycles. The van der Waals surface area contributed by atoms with E-state index >= 15 is 0 Å². The van der Waals surface area contributed by atoms with Crippen LogP contribution in [0.25, 0.3) is 0 Å². The van der Waals surface area contributed by atoms with Gasteiger partial charge in [0.05, 0.1) is 11.5 Å². The number of carbonyl (C=O) groups excluding carboxylic acids is 1. The van der Waals surface area contributed by atoms with Crippen molar-refractivity contribution in [1.82, 2.24) is 9.88 Å². The number of aliphatic hydroxyl groups is 1. The summed E-state index contributed by atoms with van der Waals surface area (Å²) >= 11 is 0. The Morgan fingerprint density at radius 2 is 1.94 bits per heavy atom. The van der Waals surface area contributed by atoms with Gasteiger partial charge in [0, 0.05) is 25.3 Å². The van der Waals surface area contributed by atoms with Crippen molar-refractivity contribution in [1.29, 1.82) is 0 Å². The number of pyridine rings is 1. The Kier molecular flexibility index (Phi) is 8.57. The first-order valence-electron chi connectivity index (χ1n) is 12.9. The summed E-state index contributed by atoms with van der Waals surface area (Å²) in [5.41, 5.74) is 2.52. The highest BCUT2D eigenvalue weighted by atomic mass is 16.5. The van der Waals surface area contributed by atoms with Gasteiger partial charge in [-0.2, -0.15) is 0 Å². The first-order valence-corrected chi connectivity index (χ1v) is 12.9. The summed E-state index contributed by atoms with van der Waals surface area (Å²) in [4.78, 5) is 19.7. The van der Waals surface area contributed by atoms with Crippen LogP contribution in [0, 0.1) is 5.92 Å². The number of piperidine rings is 1. The standard InChI is InChI=1S/C28H39N3O3/c1-22(27(32)34-21-23-9-4-2-5-10-23)28(33)15-19-31(20-16-28)18-7-3-6-12-25-14-13-24-11-8-17-29-26(24)30-25/h2,4-5,9-10,13-14,22,33H,3,6-8,11-12,15-21H2,1H3,(H,29,30). The van der Waals surface area contributed by atoms with Crippen molar-refractivity contribution in [2.45, 2.75) is 70.5 Å². The molecule has 2 N–H and O–H groups in total. The lowest BCUT2D eigenvalue weighted by Gasteiger charge is -2.40. The Hall–Kier alpha value is -2.44. The second-order valence-electron chi connectivity index (χ2n) is 9.91. The van der Waals surface area contributed by atoms with E-state index in [9.17, 15) is 9.90 Å². The molecule has 1 aromatic heterocycles. The van der Waals surface area contributed by atoms with E-state index in [1.165, 1.54) is 24.1 Å². The molecule has 1 unspecified atom stereocenters.